The average molecular weight is 370 g/mol. The number of hydrogen-bond acceptors (Lipinski definition) is 4. The maximum Gasteiger partial charge on any atom is 0.156 e. The Morgan fingerprint density at radius 1 is 1.20 bits per heavy atom. The number of aromatic nitrogens is 2. The van der Waals surface area contributed by atoms with E-state index >= 15 is 0 Å². The normalized spacial score (nSPS) is 16.4. The Kier molecular flexibility index (Phi) is 4.27. The molecule has 4 nitrogen and oxygen atoms in total. The van der Waals surface area contributed by atoms with Crippen LogP contribution in [0.1, 0.15) is 28.9 Å². The molecule has 1 aliphatic heterocycles. The SMILES string of the molecule is CC1=Nc2c(cnn2Cc2ccccc2Cl)C(c2cccc(O)c2)S1. The number of rotatable bonds is 3. The van der Waals surface area contributed by atoms with Crippen molar-refractivity contribution in [1.29, 1.82) is 0 Å². The van der Waals surface area contributed by atoms with E-state index in [0.29, 0.717) is 6.54 Å². The van der Waals surface area contributed by atoms with Crippen LogP contribution in [0.5, 0.6) is 5.75 Å². The molecular weight excluding hydrogens is 354 g/mol. The van der Waals surface area contributed by atoms with E-state index in [9.17, 15) is 5.11 Å². The third kappa shape index (κ3) is 3.17. The quantitative estimate of drug-likeness (QED) is 0.692. The molecule has 0 fully saturated rings. The fraction of sp³-hybridized carbons (Fsp3) is 0.158. The lowest BCUT2D eigenvalue weighted by atomic mass is 10.1. The van der Waals surface area contributed by atoms with Crippen LogP contribution in [0.25, 0.3) is 0 Å². The number of hydrogen-bond donors (Lipinski definition) is 1. The maximum atomic E-state index is 9.81. The van der Waals surface area contributed by atoms with Crippen molar-refractivity contribution in [1.82, 2.24) is 9.78 Å². The third-order valence-electron chi connectivity index (χ3n) is 4.12. The van der Waals surface area contributed by atoms with Crippen LogP contribution in [0.2, 0.25) is 5.02 Å². The fourth-order valence-electron chi connectivity index (χ4n) is 2.95. The molecule has 0 amide bonds. The topological polar surface area (TPSA) is 50.4 Å². The van der Waals surface area contributed by atoms with Gasteiger partial charge in [0, 0.05) is 10.6 Å². The molecule has 0 radical (unpaired) electrons. The van der Waals surface area contributed by atoms with Crippen LogP contribution in [0.3, 0.4) is 0 Å². The van der Waals surface area contributed by atoms with E-state index in [4.69, 9.17) is 16.6 Å². The summed E-state index contributed by atoms with van der Waals surface area (Å²) in [6, 6.07) is 15.1. The predicted molar refractivity (Wildman–Crippen MR) is 103 cm³/mol. The Hall–Kier alpha value is -2.24. The minimum absolute atomic E-state index is 0.0691. The molecule has 126 valence electrons. The van der Waals surface area contributed by atoms with Crippen LogP contribution in [0.4, 0.5) is 5.82 Å². The van der Waals surface area contributed by atoms with Gasteiger partial charge < -0.3 is 5.11 Å². The van der Waals surface area contributed by atoms with Gasteiger partial charge in [-0.15, -0.1) is 0 Å². The number of aromatic hydroxyl groups is 1. The van der Waals surface area contributed by atoms with Crippen LogP contribution in [0.15, 0.2) is 59.7 Å². The molecule has 0 aliphatic carbocycles. The largest absolute Gasteiger partial charge is 0.508 e. The third-order valence-corrected chi connectivity index (χ3v) is 5.69. The summed E-state index contributed by atoms with van der Waals surface area (Å²) in [6.07, 6.45) is 1.86. The van der Waals surface area contributed by atoms with Crippen LogP contribution in [-0.2, 0) is 6.54 Å². The van der Waals surface area contributed by atoms with E-state index in [1.807, 2.05) is 54.2 Å². The van der Waals surface area contributed by atoms with Crippen LogP contribution >= 0.6 is 23.4 Å². The van der Waals surface area contributed by atoms with Gasteiger partial charge in [-0.25, -0.2) is 9.67 Å². The molecule has 1 unspecified atom stereocenters. The summed E-state index contributed by atoms with van der Waals surface area (Å²) >= 11 is 7.96. The number of aliphatic imine (C=N–C) groups is 1. The van der Waals surface area contributed by atoms with Crippen LogP contribution in [0, 0.1) is 0 Å². The first-order valence-corrected chi connectivity index (χ1v) is 9.17. The lowest BCUT2D eigenvalue weighted by Gasteiger charge is -2.21. The van der Waals surface area contributed by atoms with E-state index in [1.54, 1.807) is 23.9 Å². The number of fused-ring (bicyclic) bond motifs is 1. The van der Waals surface area contributed by atoms with Crippen molar-refractivity contribution in [2.75, 3.05) is 0 Å². The second-order valence-electron chi connectivity index (χ2n) is 5.90. The van der Waals surface area contributed by atoms with E-state index in [-0.39, 0.29) is 11.0 Å². The van der Waals surface area contributed by atoms with Crippen molar-refractivity contribution in [3.63, 3.8) is 0 Å². The molecule has 2 aromatic carbocycles. The molecule has 1 N–H and O–H groups in total. The van der Waals surface area contributed by atoms with Gasteiger partial charge >= 0.3 is 0 Å². The Balaban J connectivity index is 1.74. The Labute approximate surface area is 155 Å². The first kappa shape index (κ1) is 16.2. The van der Waals surface area contributed by atoms with Crippen molar-refractivity contribution in [2.24, 2.45) is 4.99 Å². The summed E-state index contributed by atoms with van der Waals surface area (Å²) < 4.78 is 1.88. The highest BCUT2D eigenvalue weighted by Gasteiger charge is 2.27. The second-order valence-corrected chi connectivity index (χ2v) is 7.60. The average Bonchev–Trinajstić information content (AvgIpc) is 2.99. The van der Waals surface area contributed by atoms with Gasteiger partial charge in [0.15, 0.2) is 5.82 Å². The molecule has 3 aromatic rings. The summed E-state index contributed by atoms with van der Waals surface area (Å²) in [7, 11) is 0. The fourth-order valence-corrected chi connectivity index (χ4v) is 4.20. The van der Waals surface area contributed by atoms with Crippen LogP contribution < -0.4 is 0 Å². The van der Waals surface area contributed by atoms with E-state index in [1.165, 1.54) is 0 Å². The molecule has 0 saturated carbocycles. The first-order chi connectivity index (χ1) is 12.1. The van der Waals surface area contributed by atoms with Gasteiger partial charge in [0.05, 0.1) is 23.0 Å². The highest BCUT2D eigenvalue weighted by Crippen LogP contribution is 2.45. The minimum Gasteiger partial charge on any atom is -0.508 e. The molecule has 2 heterocycles. The van der Waals surface area contributed by atoms with Gasteiger partial charge in [0.2, 0.25) is 0 Å². The highest BCUT2D eigenvalue weighted by molar-refractivity contribution is 8.14. The highest BCUT2D eigenvalue weighted by atomic mass is 35.5. The molecule has 4 rings (SSSR count). The van der Waals surface area contributed by atoms with Gasteiger partial charge in [-0.05, 0) is 36.2 Å². The Bertz CT molecular complexity index is 967. The maximum absolute atomic E-state index is 9.81. The molecule has 0 bridgehead atoms. The smallest absolute Gasteiger partial charge is 0.156 e. The van der Waals surface area contributed by atoms with Crippen molar-refractivity contribution >= 4 is 34.2 Å². The number of nitrogens with zero attached hydrogens (tertiary/aromatic N) is 3. The zero-order valence-corrected chi connectivity index (χ0v) is 15.1. The van der Waals surface area contributed by atoms with Crippen molar-refractivity contribution in [2.45, 2.75) is 18.7 Å². The lowest BCUT2D eigenvalue weighted by molar-refractivity contribution is 0.474. The zero-order valence-electron chi connectivity index (χ0n) is 13.6. The molecule has 0 spiro atoms. The molecule has 1 atom stereocenters. The van der Waals surface area contributed by atoms with Crippen LogP contribution in [-0.4, -0.2) is 19.9 Å². The van der Waals surface area contributed by atoms with Gasteiger partial charge in [-0.3, -0.25) is 0 Å². The van der Waals surface area contributed by atoms with E-state index < -0.39 is 0 Å². The minimum atomic E-state index is 0.0691. The lowest BCUT2D eigenvalue weighted by Crippen LogP contribution is -2.07. The molecule has 0 saturated heterocycles. The van der Waals surface area contributed by atoms with Crippen molar-refractivity contribution < 1.29 is 5.11 Å². The van der Waals surface area contributed by atoms with Gasteiger partial charge in [0.25, 0.3) is 0 Å². The number of thioether (sulfide) groups is 1. The second kappa shape index (κ2) is 6.58. The van der Waals surface area contributed by atoms with Gasteiger partial charge in [-0.1, -0.05) is 53.7 Å². The van der Waals surface area contributed by atoms with E-state index in [0.717, 1.165) is 32.6 Å². The summed E-state index contributed by atoms with van der Waals surface area (Å²) in [4.78, 5) is 4.70. The number of phenols is 1. The first-order valence-electron chi connectivity index (χ1n) is 7.92. The van der Waals surface area contributed by atoms with Crippen molar-refractivity contribution in [3.05, 3.63) is 76.4 Å². The zero-order chi connectivity index (χ0) is 17.4. The summed E-state index contributed by atoms with van der Waals surface area (Å²) in [5, 5.41) is 16.1. The number of phenolic OH excluding ortho intramolecular Hbond substituents is 1. The van der Waals surface area contributed by atoms with Gasteiger partial charge in [0.1, 0.15) is 5.75 Å². The molecular formula is C19H16ClN3OS. The standard InChI is InChI=1S/C19H16ClN3OS/c1-12-22-19-16(18(25-12)13-6-4-7-15(24)9-13)10-21-23(19)11-14-5-2-3-8-17(14)20/h2-10,18,24H,11H2,1H3. The van der Waals surface area contributed by atoms with Gasteiger partial charge in [-0.2, -0.15) is 5.10 Å². The van der Waals surface area contributed by atoms with E-state index in [2.05, 4.69) is 5.10 Å². The molecule has 25 heavy (non-hydrogen) atoms. The summed E-state index contributed by atoms with van der Waals surface area (Å²) in [6.45, 7) is 2.57. The predicted octanol–water partition coefficient (Wildman–Crippen LogP) is 5.18. The molecule has 1 aliphatic rings. The molecule has 1 aromatic heterocycles. The Morgan fingerprint density at radius 2 is 2.04 bits per heavy atom. The number of benzene rings is 2. The summed E-state index contributed by atoms with van der Waals surface area (Å²) in [5.74, 6) is 1.12. The monoisotopic (exact) mass is 369 g/mol. The molecule has 6 heteroatoms. The van der Waals surface area contributed by atoms with Crippen molar-refractivity contribution in [3.8, 4) is 5.75 Å². The Morgan fingerprint density at radius 3 is 2.84 bits per heavy atom. The number of halogens is 1. The summed E-state index contributed by atoms with van der Waals surface area (Å²) in [5.41, 5.74) is 3.10.